The number of rotatable bonds is 11. The molecular weight excluding hydrogens is 465 g/mol. The van der Waals surface area contributed by atoms with Gasteiger partial charge < -0.3 is 25.7 Å². The number of aryl methyl sites for hydroxylation is 1. The van der Waals surface area contributed by atoms with E-state index in [-0.39, 0.29) is 41.4 Å². The second kappa shape index (κ2) is 11.1. The number of benzene rings is 1. The summed E-state index contributed by atoms with van der Waals surface area (Å²) in [4.78, 5) is 26.2. The number of nitrogens with two attached hydrogens (primary N) is 1. The van der Waals surface area contributed by atoms with Gasteiger partial charge in [0.15, 0.2) is 0 Å². The van der Waals surface area contributed by atoms with Gasteiger partial charge in [0.1, 0.15) is 6.04 Å². The van der Waals surface area contributed by atoms with Crippen LogP contribution in [-0.4, -0.2) is 49.2 Å². The first kappa shape index (κ1) is 28.1. The molecule has 0 radical (unpaired) electrons. The highest BCUT2D eigenvalue weighted by Crippen LogP contribution is 2.65. The molecule has 1 aliphatic heterocycles. The monoisotopic (exact) mass is 511 g/mol. The van der Waals surface area contributed by atoms with E-state index in [0.717, 1.165) is 25.7 Å². The molecule has 2 amide bonds. The van der Waals surface area contributed by atoms with E-state index in [0.29, 0.717) is 29.7 Å². The normalized spacial score (nSPS) is 29.3. The molecule has 5 rings (SSSR count). The fourth-order valence-corrected chi connectivity index (χ4v) is 6.78. The minimum absolute atomic E-state index is 0.00518. The zero-order valence-corrected chi connectivity index (χ0v) is 23.5. The molecule has 37 heavy (non-hydrogen) atoms. The molecule has 4 fully saturated rings. The van der Waals surface area contributed by atoms with E-state index in [1.807, 2.05) is 24.3 Å². The molecule has 1 aromatic rings. The van der Waals surface area contributed by atoms with Crippen molar-refractivity contribution in [3.8, 4) is 0 Å². The molecule has 4 N–H and O–H groups in total. The Morgan fingerprint density at radius 3 is 2.43 bits per heavy atom. The van der Waals surface area contributed by atoms with Crippen LogP contribution in [0.3, 0.4) is 0 Å². The molecule has 4 aliphatic rings. The third-order valence-corrected chi connectivity index (χ3v) is 9.24. The van der Waals surface area contributed by atoms with Gasteiger partial charge in [-0.3, -0.25) is 9.59 Å². The van der Waals surface area contributed by atoms with Crippen molar-refractivity contribution in [2.45, 2.75) is 104 Å². The minimum Gasteiger partial charge on any atom is -0.404 e. The van der Waals surface area contributed by atoms with Gasteiger partial charge >= 0.3 is 7.12 Å². The molecular formula is C29H46BN3O4. The van der Waals surface area contributed by atoms with E-state index in [9.17, 15) is 9.59 Å². The molecule has 6 atom stereocenters. The molecule has 3 saturated carbocycles. The Kier molecular flexibility index (Phi) is 8.41. The molecule has 204 valence electrons. The molecule has 0 spiro atoms. The van der Waals surface area contributed by atoms with Gasteiger partial charge in [0.25, 0.3) is 5.91 Å². The second-order valence-corrected chi connectivity index (χ2v) is 12.6. The molecule has 2 bridgehead atoms. The summed E-state index contributed by atoms with van der Waals surface area (Å²) in [6.07, 6.45) is 6.17. The van der Waals surface area contributed by atoms with Crippen LogP contribution < -0.4 is 16.4 Å². The Morgan fingerprint density at radius 2 is 1.84 bits per heavy atom. The number of hydrogen-bond acceptors (Lipinski definition) is 5. The Balaban J connectivity index is 1.40. The van der Waals surface area contributed by atoms with Gasteiger partial charge in [0.2, 0.25) is 5.91 Å². The van der Waals surface area contributed by atoms with Crippen molar-refractivity contribution in [1.29, 1.82) is 0 Å². The van der Waals surface area contributed by atoms with Crippen molar-refractivity contribution in [3.63, 3.8) is 0 Å². The van der Waals surface area contributed by atoms with Gasteiger partial charge in [0, 0.05) is 12.1 Å². The summed E-state index contributed by atoms with van der Waals surface area (Å²) in [5.74, 6) is 0.510. The van der Waals surface area contributed by atoms with Gasteiger partial charge in [-0.15, -0.1) is 0 Å². The number of carbonyl (C=O) groups excluding carboxylic acids is 2. The molecule has 0 aromatic heterocycles. The SMILES string of the molecule is CCCCc1ccc(C(=O)N[C@@H](CN)C(=O)N[C@@H](CC(C)C)B2O[C@@H]3C[C@@H]4C[C@@H](C4(C)C)[C@]3(C)O2)cc1. The van der Waals surface area contributed by atoms with E-state index in [4.69, 9.17) is 15.0 Å². The summed E-state index contributed by atoms with van der Waals surface area (Å²) < 4.78 is 13.1. The first-order valence-electron chi connectivity index (χ1n) is 14.2. The molecule has 7 nitrogen and oxygen atoms in total. The van der Waals surface area contributed by atoms with Crippen LogP contribution in [-0.2, 0) is 20.5 Å². The summed E-state index contributed by atoms with van der Waals surface area (Å²) >= 11 is 0. The minimum atomic E-state index is -0.840. The zero-order chi connectivity index (χ0) is 27.0. The van der Waals surface area contributed by atoms with Crippen LogP contribution in [0.15, 0.2) is 24.3 Å². The maximum atomic E-state index is 13.3. The number of carbonyl (C=O) groups is 2. The predicted molar refractivity (Wildman–Crippen MR) is 147 cm³/mol. The number of amides is 2. The Labute approximate surface area is 223 Å². The average Bonchev–Trinajstić information content (AvgIpc) is 3.22. The van der Waals surface area contributed by atoms with Gasteiger partial charge in [-0.25, -0.2) is 0 Å². The van der Waals surface area contributed by atoms with Gasteiger partial charge in [0.05, 0.1) is 17.6 Å². The summed E-state index contributed by atoms with van der Waals surface area (Å²) in [5.41, 5.74) is 7.58. The van der Waals surface area contributed by atoms with Crippen LogP contribution in [0.5, 0.6) is 0 Å². The van der Waals surface area contributed by atoms with Crippen LogP contribution in [0.25, 0.3) is 0 Å². The van der Waals surface area contributed by atoms with Crippen LogP contribution in [0.2, 0.25) is 0 Å². The molecule has 1 aromatic carbocycles. The van der Waals surface area contributed by atoms with Crippen LogP contribution >= 0.6 is 0 Å². The first-order chi connectivity index (χ1) is 17.5. The standard InChI is InChI=1S/C29H46BN3O4/c1-7-8-9-19-10-12-20(13-11-19)26(34)32-22(17-31)27(35)33-25(14-18(2)3)30-36-24-16-21-15-23(28(21,4)5)29(24,6)37-30/h10-13,18,21-25H,7-9,14-17,31H2,1-6H3,(H,32,34)(H,33,35)/t21-,22-,23-,24+,25-,29-/m0/s1. The van der Waals surface area contributed by atoms with Crippen LogP contribution in [0.4, 0.5) is 0 Å². The van der Waals surface area contributed by atoms with Gasteiger partial charge in [-0.1, -0.05) is 53.2 Å². The summed E-state index contributed by atoms with van der Waals surface area (Å²) in [6, 6.07) is 6.72. The highest BCUT2D eigenvalue weighted by Gasteiger charge is 2.68. The Bertz CT molecular complexity index is 968. The van der Waals surface area contributed by atoms with E-state index in [2.05, 4.69) is 52.2 Å². The van der Waals surface area contributed by atoms with Crippen molar-refractivity contribution >= 4 is 18.9 Å². The second-order valence-electron chi connectivity index (χ2n) is 12.6. The van der Waals surface area contributed by atoms with E-state index >= 15 is 0 Å². The molecule has 1 heterocycles. The first-order valence-corrected chi connectivity index (χ1v) is 14.2. The van der Waals surface area contributed by atoms with Crippen molar-refractivity contribution in [2.75, 3.05) is 6.54 Å². The van der Waals surface area contributed by atoms with Gasteiger partial charge in [-0.05, 0) is 79.9 Å². The zero-order valence-electron chi connectivity index (χ0n) is 23.5. The lowest BCUT2D eigenvalue weighted by molar-refractivity contribution is -0.199. The predicted octanol–water partition coefficient (Wildman–Crippen LogP) is 3.88. The molecule has 1 saturated heterocycles. The lowest BCUT2D eigenvalue weighted by Gasteiger charge is -2.64. The van der Waals surface area contributed by atoms with Crippen LogP contribution in [0.1, 0.15) is 89.6 Å². The smallest absolute Gasteiger partial charge is 0.404 e. The van der Waals surface area contributed by atoms with Crippen molar-refractivity contribution in [1.82, 2.24) is 10.6 Å². The number of unbranched alkanes of at least 4 members (excludes halogenated alkanes) is 1. The lowest BCUT2D eigenvalue weighted by atomic mass is 9.43. The molecule has 3 aliphatic carbocycles. The fraction of sp³-hybridized carbons (Fsp3) is 0.724. The maximum Gasteiger partial charge on any atom is 0.481 e. The van der Waals surface area contributed by atoms with Gasteiger partial charge in [-0.2, -0.15) is 0 Å². The highest BCUT2D eigenvalue weighted by molar-refractivity contribution is 6.48. The molecule has 8 heteroatoms. The highest BCUT2D eigenvalue weighted by atomic mass is 16.7. The number of hydrogen-bond donors (Lipinski definition) is 3. The Morgan fingerprint density at radius 1 is 1.14 bits per heavy atom. The quantitative estimate of drug-likeness (QED) is 0.392. The molecule has 0 unspecified atom stereocenters. The van der Waals surface area contributed by atoms with Crippen LogP contribution in [0, 0.1) is 23.2 Å². The topological polar surface area (TPSA) is 103 Å². The third-order valence-electron chi connectivity index (χ3n) is 9.24. The lowest BCUT2D eigenvalue weighted by Crippen LogP contribution is -2.65. The van der Waals surface area contributed by atoms with E-state index in [1.165, 1.54) is 12.0 Å². The van der Waals surface area contributed by atoms with Crippen molar-refractivity contribution < 1.29 is 18.9 Å². The van der Waals surface area contributed by atoms with E-state index in [1.54, 1.807) is 0 Å². The largest absolute Gasteiger partial charge is 0.481 e. The third kappa shape index (κ3) is 5.62. The fourth-order valence-electron chi connectivity index (χ4n) is 6.78. The average molecular weight is 512 g/mol. The maximum absolute atomic E-state index is 13.3. The van der Waals surface area contributed by atoms with Crippen molar-refractivity contribution in [2.24, 2.45) is 28.9 Å². The summed E-state index contributed by atoms with van der Waals surface area (Å²) in [6.45, 7) is 13.3. The number of nitrogens with one attached hydrogen (secondary N) is 2. The van der Waals surface area contributed by atoms with E-state index < -0.39 is 13.2 Å². The summed E-state index contributed by atoms with van der Waals surface area (Å²) in [7, 11) is -0.513. The Hall–Kier alpha value is -1.90. The van der Waals surface area contributed by atoms with Crippen molar-refractivity contribution in [3.05, 3.63) is 35.4 Å². The summed E-state index contributed by atoms with van der Waals surface area (Å²) in [5, 5.41) is 5.94.